The molecular weight excluding hydrogens is 317 g/mol. The minimum atomic E-state index is -0.563. The molecule has 0 aromatic heterocycles. The van der Waals surface area contributed by atoms with Crippen molar-refractivity contribution in [3.8, 4) is 0 Å². The van der Waals surface area contributed by atoms with Gasteiger partial charge in [0.2, 0.25) is 0 Å². The van der Waals surface area contributed by atoms with Crippen molar-refractivity contribution in [1.29, 1.82) is 0 Å². The van der Waals surface area contributed by atoms with Crippen LogP contribution >= 0.6 is 15.9 Å². The number of hydrogen-bond donors (Lipinski definition) is 0. The zero-order chi connectivity index (χ0) is 14.6. The molecule has 0 bridgehead atoms. The molecular formula is C13H15BrFNO3. The normalized spacial score (nSPS) is 11.8. The van der Waals surface area contributed by atoms with Gasteiger partial charge < -0.3 is 9.64 Å². The van der Waals surface area contributed by atoms with E-state index in [2.05, 4.69) is 15.9 Å². The first-order valence-electron chi connectivity index (χ1n) is 5.64. The standard InChI is InChI=1S/C13H15BrFNO3/c1-8(9-4-5-11(15)10(14)6-9)13(18)19-7-12(17)16(2)3/h4-6,8H,7H2,1-3H3. The summed E-state index contributed by atoms with van der Waals surface area (Å²) in [5, 5.41) is 0. The average molecular weight is 332 g/mol. The Labute approximate surface area is 119 Å². The second kappa shape index (κ2) is 6.65. The van der Waals surface area contributed by atoms with Crippen molar-refractivity contribution < 1.29 is 18.7 Å². The number of carbonyl (C=O) groups excluding carboxylic acids is 2. The molecule has 104 valence electrons. The lowest BCUT2D eigenvalue weighted by Crippen LogP contribution is -2.28. The monoisotopic (exact) mass is 331 g/mol. The van der Waals surface area contributed by atoms with Crippen molar-refractivity contribution >= 4 is 27.8 Å². The van der Waals surface area contributed by atoms with Crippen molar-refractivity contribution in [2.75, 3.05) is 20.7 Å². The van der Waals surface area contributed by atoms with Gasteiger partial charge in [0.1, 0.15) is 5.82 Å². The largest absolute Gasteiger partial charge is 0.455 e. The highest BCUT2D eigenvalue weighted by Gasteiger charge is 2.19. The van der Waals surface area contributed by atoms with Crippen LogP contribution in [0, 0.1) is 5.82 Å². The Bertz CT molecular complexity index is 491. The van der Waals surface area contributed by atoms with Gasteiger partial charge in [-0.05, 0) is 40.5 Å². The van der Waals surface area contributed by atoms with Gasteiger partial charge in [-0.3, -0.25) is 9.59 Å². The van der Waals surface area contributed by atoms with Crippen molar-refractivity contribution in [3.63, 3.8) is 0 Å². The lowest BCUT2D eigenvalue weighted by molar-refractivity contribution is -0.152. The number of hydrogen-bond acceptors (Lipinski definition) is 3. The molecule has 1 atom stereocenters. The predicted molar refractivity (Wildman–Crippen MR) is 72.2 cm³/mol. The zero-order valence-corrected chi connectivity index (χ0v) is 12.5. The zero-order valence-electron chi connectivity index (χ0n) is 10.9. The Morgan fingerprint density at radius 2 is 2.05 bits per heavy atom. The van der Waals surface area contributed by atoms with E-state index in [4.69, 9.17) is 4.74 Å². The lowest BCUT2D eigenvalue weighted by Gasteiger charge is -2.14. The van der Waals surface area contributed by atoms with Crippen LogP contribution in [0.1, 0.15) is 18.4 Å². The highest BCUT2D eigenvalue weighted by Crippen LogP contribution is 2.23. The molecule has 0 heterocycles. The fraction of sp³-hybridized carbons (Fsp3) is 0.385. The van der Waals surface area contributed by atoms with Gasteiger partial charge >= 0.3 is 5.97 Å². The molecule has 0 spiro atoms. The van der Waals surface area contributed by atoms with Crippen molar-refractivity contribution in [3.05, 3.63) is 34.1 Å². The Morgan fingerprint density at radius 3 is 2.58 bits per heavy atom. The van der Waals surface area contributed by atoms with Crippen LogP contribution in [0.25, 0.3) is 0 Å². The summed E-state index contributed by atoms with van der Waals surface area (Å²) in [6.45, 7) is 1.35. The maximum absolute atomic E-state index is 13.1. The van der Waals surface area contributed by atoms with Gasteiger partial charge in [0.15, 0.2) is 6.61 Å². The van der Waals surface area contributed by atoms with Crippen molar-refractivity contribution in [2.24, 2.45) is 0 Å². The molecule has 0 saturated carbocycles. The molecule has 1 rings (SSSR count). The fourth-order valence-electron chi connectivity index (χ4n) is 1.30. The Balaban J connectivity index is 2.66. The first-order chi connectivity index (χ1) is 8.82. The van der Waals surface area contributed by atoms with Crippen LogP contribution in [0.2, 0.25) is 0 Å². The second-order valence-electron chi connectivity index (χ2n) is 4.29. The third-order valence-electron chi connectivity index (χ3n) is 2.63. The average Bonchev–Trinajstić information content (AvgIpc) is 2.37. The van der Waals surface area contributed by atoms with Gasteiger partial charge in [-0.15, -0.1) is 0 Å². The lowest BCUT2D eigenvalue weighted by atomic mass is 10.0. The van der Waals surface area contributed by atoms with Gasteiger partial charge in [-0.2, -0.15) is 0 Å². The summed E-state index contributed by atoms with van der Waals surface area (Å²) in [7, 11) is 3.16. The highest BCUT2D eigenvalue weighted by molar-refractivity contribution is 9.10. The molecule has 1 aromatic rings. The van der Waals surface area contributed by atoms with Gasteiger partial charge in [0, 0.05) is 14.1 Å². The quantitative estimate of drug-likeness (QED) is 0.795. The number of esters is 1. The molecule has 1 amide bonds. The number of carbonyl (C=O) groups is 2. The molecule has 1 aromatic carbocycles. The second-order valence-corrected chi connectivity index (χ2v) is 5.15. The van der Waals surface area contributed by atoms with E-state index in [1.807, 2.05) is 0 Å². The Kier molecular flexibility index (Phi) is 5.47. The van der Waals surface area contributed by atoms with Crippen LogP contribution in [0.5, 0.6) is 0 Å². The summed E-state index contributed by atoms with van der Waals surface area (Å²) in [4.78, 5) is 24.4. The molecule has 0 radical (unpaired) electrons. The number of benzene rings is 1. The maximum Gasteiger partial charge on any atom is 0.313 e. The van der Waals surface area contributed by atoms with Gasteiger partial charge in [0.25, 0.3) is 5.91 Å². The van der Waals surface area contributed by atoms with Crippen molar-refractivity contribution in [2.45, 2.75) is 12.8 Å². The highest BCUT2D eigenvalue weighted by atomic mass is 79.9. The van der Waals surface area contributed by atoms with Crippen molar-refractivity contribution in [1.82, 2.24) is 4.90 Å². The van der Waals surface area contributed by atoms with Gasteiger partial charge in [-0.1, -0.05) is 6.07 Å². The third kappa shape index (κ3) is 4.31. The molecule has 4 nitrogen and oxygen atoms in total. The van der Waals surface area contributed by atoms with E-state index in [0.717, 1.165) is 0 Å². The first-order valence-corrected chi connectivity index (χ1v) is 6.44. The van der Waals surface area contributed by atoms with Crippen LogP contribution < -0.4 is 0 Å². The summed E-state index contributed by atoms with van der Waals surface area (Å²) >= 11 is 3.06. The third-order valence-corrected chi connectivity index (χ3v) is 3.24. The van der Waals surface area contributed by atoms with E-state index in [-0.39, 0.29) is 17.0 Å². The van der Waals surface area contributed by atoms with Crippen LogP contribution in [0.4, 0.5) is 4.39 Å². The van der Waals surface area contributed by atoms with Crippen LogP contribution in [-0.2, 0) is 14.3 Å². The number of likely N-dealkylation sites (N-methyl/N-ethyl adjacent to an activating group) is 1. The van der Waals surface area contributed by atoms with E-state index >= 15 is 0 Å². The smallest absolute Gasteiger partial charge is 0.313 e. The summed E-state index contributed by atoms with van der Waals surface area (Å²) in [6, 6.07) is 4.31. The summed E-state index contributed by atoms with van der Waals surface area (Å²) < 4.78 is 18.3. The molecule has 19 heavy (non-hydrogen) atoms. The fourth-order valence-corrected chi connectivity index (χ4v) is 1.70. The first kappa shape index (κ1) is 15.6. The van der Waals surface area contributed by atoms with E-state index in [1.165, 1.54) is 23.1 Å². The Hall–Kier alpha value is -1.43. The molecule has 6 heteroatoms. The number of nitrogens with zero attached hydrogens (tertiary/aromatic N) is 1. The Morgan fingerprint density at radius 1 is 1.42 bits per heavy atom. The summed E-state index contributed by atoms with van der Waals surface area (Å²) in [6.07, 6.45) is 0. The van der Waals surface area contributed by atoms with E-state index in [1.54, 1.807) is 21.0 Å². The number of halogens is 2. The maximum atomic E-state index is 13.1. The number of amides is 1. The topological polar surface area (TPSA) is 46.6 Å². The SMILES string of the molecule is CC(C(=O)OCC(=O)N(C)C)c1ccc(F)c(Br)c1. The molecule has 1 unspecified atom stereocenters. The molecule has 0 aliphatic heterocycles. The molecule has 0 N–H and O–H groups in total. The summed E-state index contributed by atoms with van der Waals surface area (Å²) in [5.74, 6) is -1.77. The molecule has 0 fully saturated rings. The van der Waals surface area contributed by atoms with Crippen LogP contribution in [-0.4, -0.2) is 37.5 Å². The van der Waals surface area contributed by atoms with Gasteiger partial charge in [-0.25, -0.2) is 4.39 Å². The molecule has 0 aliphatic rings. The van der Waals surface area contributed by atoms with Crippen LogP contribution in [0.15, 0.2) is 22.7 Å². The van der Waals surface area contributed by atoms with Crippen LogP contribution in [0.3, 0.4) is 0 Å². The van der Waals surface area contributed by atoms with E-state index in [9.17, 15) is 14.0 Å². The molecule has 0 saturated heterocycles. The predicted octanol–water partition coefficient (Wildman–Crippen LogP) is 2.32. The van der Waals surface area contributed by atoms with E-state index in [0.29, 0.717) is 5.56 Å². The minimum Gasteiger partial charge on any atom is -0.455 e. The summed E-state index contributed by atoms with van der Waals surface area (Å²) in [5.41, 5.74) is 0.621. The van der Waals surface area contributed by atoms with E-state index < -0.39 is 17.7 Å². The number of ether oxygens (including phenoxy) is 1. The van der Waals surface area contributed by atoms with Gasteiger partial charge in [0.05, 0.1) is 10.4 Å². The molecule has 0 aliphatic carbocycles. The minimum absolute atomic E-state index is 0.286. The number of rotatable bonds is 4.